The van der Waals surface area contributed by atoms with E-state index < -0.39 is 5.54 Å². The van der Waals surface area contributed by atoms with E-state index in [1.807, 2.05) is 25.1 Å². The SMILES string of the molecule is CCCCC(C)(CCC)N1C(=O)c2ccc(-c3ccc4c(c3)CC(=O)N(C)C4=O)cc2C1=O. The average molecular weight is 447 g/mol. The number of hydrogen-bond donors (Lipinski definition) is 0. The lowest BCUT2D eigenvalue weighted by molar-refractivity contribution is -0.127. The number of fused-ring (bicyclic) bond motifs is 2. The first-order chi connectivity index (χ1) is 15.7. The lowest BCUT2D eigenvalue weighted by atomic mass is 9.88. The Morgan fingerprint density at radius 2 is 1.42 bits per heavy atom. The lowest BCUT2D eigenvalue weighted by Crippen LogP contribution is -2.49. The summed E-state index contributed by atoms with van der Waals surface area (Å²) in [5, 5.41) is 0. The van der Waals surface area contributed by atoms with Gasteiger partial charge in [-0.3, -0.25) is 29.0 Å². The molecule has 4 amide bonds. The van der Waals surface area contributed by atoms with E-state index >= 15 is 0 Å². The summed E-state index contributed by atoms with van der Waals surface area (Å²) in [5.74, 6) is -1.01. The Kier molecular flexibility index (Phi) is 5.95. The maximum absolute atomic E-state index is 13.4. The molecule has 1 unspecified atom stereocenters. The molecule has 2 aromatic carbocycles. The van der Waals surface area contributed by atoms with Gasteiger partial charge in [-0.1, -0.05) is 45.2 Å². The molecule has 172 valence electrons. The number of unbranched alkanes of at least 4 members (excludes halogenated alkanes) is 1. The zero-order valence-electron chi connectivity index (χ0n) is 19.7. The van der Waals surface area contributed by atoms with Gasteiger partial charge in [0.1, 0.15) is 0 Å². The molecule has 1 atom stereocenters. The largest absolute Gasteiger partial charge is 0.281 e. The zero-order chi connectivity index (χ0) is 23.9. The normalized spacial score (nSPS) is 17.3. The second kappa shape index (κ2) is 8.58. The van der Waals surface area contributed by atoms with Gasteiger partial charge in [-0.25, -0.2) is 0 Å². The monoisotopic (exact) mass is 446 g/mol. The van der Waals surface area contributed by atoms with Crippen molar-refractivity contribution >= 4 is 23.6 Å². The first kappa shape index (κ1) is 22.9. The smallest absolute Gasteiger partial charge is 0.262 e. The summed E-state index contributed by atoms with van der Waals surface area (Å²) in [6.07, 6.45) is 4.57. The Balaban J connectivity index is 1.70. The molecular formula is C27H30N2O4. The minimum Gasteiger partial charge on any atom is -0.281 e. The fourth-order valence-corrected chi connectivity index (χ4v) is 5.06. The van der Waals surface area contributed by atoms with E-state index in [2.05, 4.69) is 13.8 Å². The summed E-state index contributed by atoms with van der Waals surface area (Å²) in [6.45, 7) is 6.20. The number of likely N-dealkylation sites (N-methyl/N-ethyl adjacent to an activating group) is 1. The molecule has 6 heteroatoms. The van der Waals surface area contributed by atoms with Crippen molar-refractivity contribution in [2.45, 2.75) is 64.8 Å². The highest BCUT2D eigenvalue weighted by Gasteiger charge is 2.45. The molecule has 0 spiro atoms. The average Bonchev–Trinajstić information content (AvgIpc) is 3.06. The number of amides is 4. The van der Waals surface area contributed by atoms with Crippen molar-refractivity contribution in [1.29, 1.82) is 0 Å². The van der Waals surface area contributed by atoms with Crippen LogP contribution in [0.2, 0.25) is 0 Å². The van der Waals surface area contributed by atoms with Crippen LogP contribution in [0.15, 0.2) is 36.4 Å². The Morgan fingerprint density at radius 3 is 2.09 bits per heavy atom. The standard InChI is InChI=1S/C27H30N2O4/c1-5-7-13-27(3,12-6-2)29-25(32)21-11-9-18(15-22(21)26(29)33)17-8-10-20-19(14-17)16-23(30)28(4)24(20)31/h8-11,14-15H,5-7,12-13,16H2,1-4H3. The predicted octanol–water partition coefficient (Wildman–Crippen LogP) is 4.85. The van der Waals surface area contributed by atoms with E-state index in [1.54, 1.807) is 18.2 Å². The van der Waals surface area contributed by atoms with Crippen LogP contribution in [-0.2, 0) is 11.2 Å². The highest BCUT2D eigenvalue weighted by Crippen LogP contribution is 2.37. The van der Waals surface area contributed by atoms with Gasteiger partial charge in [-0.2, -0.15) is 0 Å². The molecule has 0 aromatic heterocycles. The molecule has 4 rings (SSSR count). The van der Waals surface area contributed by atoms with Crippen molar-refractivity contribution in [3.05, 3.63) is 58.7 Å². The lowest BCUT2D eigenvalue weighted by Gasteiger charge is -2.37. The van der Waals surface area contributed by atoms with E-state index in [-0.39, 0.29) is 30.0 Å². The van der Waals surface area contributed by atoms with Crippen molar-refractivity contribution in [1.82, 2.24) is 9.80 Å². The maximum Gasteiger partial charge on any atom is 0.262 e. The Bertz CT molecular complexity index is 1170. The molecule has 2 aliphatic rings. The number of nitrogens with zero attached hydrogens (tertiary/aromatic N) is 2. The third kappa shape index (κ3) is 3.77. The molecule has 6 nitrogen and oxygen atoms in total. The van der Waals surface area contributed by atoms with E-state index in [0.29, 0.717) is 22.3 Å². The van der Waals surface area contributed by atoms with E-state index in [1.165, 1.54) is 11.9 Å². The summed E-state index contributed by atoms with van der Waals surface area (Å²) >= 11 is 0. The number of carbonyl (C=O) groups is 4. The van der Waals surface area contributed by atoms with Gasteiger partial charge in [0.05, 0.1) is 17.5 Å². The van der Waals surface area contributed by atoms with E-state index in [9.17, 15) is 19.2 Å². The number of hydrogen-bond acceptors (Lipinski definition) is 4. The predicted molar refractivity (Wildman–Crippen MR) is 126 cm³/mol. The molecule has 0 fully saturated rings. The third-order valence-electron chi connectivity index (χ3n) is 6.97. The zero-order valence-corrected chi connectivity index (χ0v) is 19.7. The minimum atomic E-state index is -0.503. The molecule has 2 heterocycles. The summed E-state index contributed by atoms with van der Waals surface area (Å²) < 4.78 is 0. The third-order valence-corrected chi connectivity index (χ3v) is 6.97. The van der Waals surface area contributed by atoms with Gasteiger partial charge in [-0.05, 0) is 60.7 Å². The Hall–Kier alpha value is -3.28. The minimum absolute atomic E-state index is 0.161. The molecule has 2 aromatic rings. The molecule has 0 aliphatic carbocycles. The second-order valence-corrected chi connectivity index (χ2v) is 9.36. The maximum atomic E-state index is 13.4. The van der Waals surface area contributed by atoms with Crippen LogP contribution < -0.4 is 0 Å². The van der Waals surface area contributed by atoms with Crippen LogP contribution in [0.3, 0.4) is 0 Å². The summed E-state index contributed by atoms with van der Waals surface area (Å²) in [7, 11) is 1.49. The first-order valence-electron chi connectivity index (χ1n) is 11.7. The van der Waals surface area contributed by atoms with Crippen LogP contribution in [0.5, 0.6) is 0 Å². The van der Waals surface area contributed by atoms with Gasteiger partial charge in [0.15, 0.2) is 0 Å². The van der Waals surface area contributed by atoms with Crippen LogP contribution >= 0.6 is 0 Å². The van der Waals surface area contributed by atoms with Crippen LogP contribution in [-0.4, -0.2) is 46.0 Å². The van der Waals surface area contributed by atoms with Crippen molar-refractivity contribution in [2.24, 2.45) is 0 Å². The second-order valence-electron chi connectivity index (χ2n) is 9.36. The van der Waals surface area contributed by atoms with Gasteiger partial charge in [-0.15, -0.1) is 0 Å². The van der Waals surface area contributed by atoms with Crippen LogP contribution in [0.1, 0.15) is 89.5 Å². The van der Waals surface area contributed by atoms with Gasteiger partial charge >= 0.3 is 0 Å². The molecule has 0 saturated carbocycles. The highest BCUT2D eigenvalue weighted by atomic mass is 16.2. The number of benzene rings is 2. The quantitative estimate of drug-likeness (QED) is 0.570. The Labute approximate surface area is 194 Å². The van der Waals surface area contributed by atoms with Gasteiger partial charge < -0.3 is 0 Å². The van der Waals surface area contributed by atoms with Gasteiger partial charge in [0.2, 0.25) is 5.91 Å². The van der Waals surface area contributed by atoms with Crippen LogP contribution in [0.4, 0.5) is 0 Å². The van der Waals surface area contributed by atoms with Crippen LogP contribution in [0.25, 0.3) is 11.1 Å². The molecular weight excluding hydrogens is 416 g/mol. The highest BCUT2D eigenvalue weighted by molar-refractivity contribution is 6.22. The summed E-state index contributed by atoms with van der Waals surface area (Å²) in [6, 6.07) is 10.7. The topological polar surface area (TPSA) is 74.8 Å². The molecule has 33 heavy (non-hydrogen) atoms. The van der Waals surface area contributed by atoms with Crippen molar-refractivity contribution < 1.29 is 19.2 Å². The van der Waals surface area contributed by atoms with E-state index in [0.717, 1.165) is 48.1 Å². The first-order valence-corrected chi connectivity index (χ1v) is 11.7. The van der Waals surface area contributed by atoms with Gasteiger partial charge in [0, 0.05) is 18.2 Å². The molecule has 0 N–H and O–H groups in total. The van der Waals surface area contributed by atoms with Crippen molar-refractivity contribution in [3.63, 3.8) is 0 Å². The van der Waals surface area contributed by atoms with E-state index in [4.69, 9.17) is 0 Å². The van der Waals surface area contributed by atoms with Crippen molar-refractivity contribution in [3.8, 4) is 11.1 Å². The molecule has 0 radical (unpaired) electrons. The van der Waals surface area contributed by atoms with Crippen molar-refractivity contribution in [2.75, 3.05) is 7.05 Å². The fraction of sp³-hybridized carbons (Fsp3) is 0.407. The summed E-state index contributed by atoms with van der Waals surface area (Å²) in [5.41, 5.74) is 3.14. The van der Waals surface area contributed by atoms with Crippen LogP contribution in [0, 0.1) is 0 Å². The molecule has 0 saturated heterocycles. The number of carbonyl (C=O) groups excluding carboxylic acids is 4. The number of rotatable bonds is 7. The number of imide groups is 2. The Morgan fingerprint density at radius 1 is 0.788 bits per heavy atom. The summed E-state index contributed by atoms with van der Waals surface area (Å²) in [4.78, 5) is 53.8. The fourth-order valence-electron chi connectivity index (χ4n) is 5.06. The van der Waals surface area contributed by atoms with Gasteiger partial charge in [0.25, 0.3) is 17.7 Å². The molecule has 0 bridgehead atoms. The molecule has 2 aliphatic heterocycles.